The topological polar surface area (TPSA) is 37.4 Å². The first kappa shape index (κ1) is 13.8. The van der Waals surface area contributed by atoms with E-state index in [0.717, 1.165) is 31.1 Å². The lowest BCUT2D eigenvalue weighted by Gasteiger charge is -2.33. The summed E-state index contributed by atoms with van der Waals surface area (Å²) in [6.45, 7) is 9.32. The van der Waals surface area contributed by atoms with Gasteiger partial charge in [-0.1, -0.05) is 19.9 Å². The molecule has 0 saturated carbocycles. The maximum Gasteiger partial charge on any atom is 0.128 e. The van der Waals surface area contributed by atoms with Gasteiger partial charge in [0.15, 0.2) is 0 Å². The lowest BCUT2D eigenvalue weighted by atomic mass is 10.2. The molecule has 4 heteroatoms. The van der Waals surface area contributed by atoms with Crippen molar-refractivity contribution >= 4 is 5.82 Å². The zero-order chi connectivity index (χ0) is 14.1. The van der Waals surface area contributed by atoms with E-state index in [1.54, 1.807) is 0 Å². The molecule has 0 radical (unpaired) electrons. The number of pyridine rings is 1. The van der Waals surface area contributed by atoms with Crippen LogP contribution in [0.3, 0.4) is 0 Å². The zero-order valence-corrected chi connectivity index (χ0v) is 12.7. The fraction of sp³-hybridized carbons (Fsp3) is 0.688. The van der Waals surface area contributed by atoms with Crippen molar-refractivity contribution in [2.45, 2.75) is 58.4 Å². The summed E-state index contributed by atoms with van der Waals surface area (Å²) in [4.78, 5) is 7.19. The van der Waals surface area contributed by atoms with Crippen LogP contribution in [0, 0.1) is 6.92 Å². The van der Waals surface area contributed by atoms with Crippen LogP contribution in [-0.2, 0) is 11.3 Å². The Morgan fingerprint density at radius 1 is 1.30 bits per heavy atom. The fourth-order valence-electron chi connectivity index (χ4n) is 3.06. The number of nitrogens with one attached hydrogen (secondary N) is 1. The molecule has 1 aromatic heterocycles. The summed E-state index contributed by atoms with van der Waals surface area (Å²) in [5.41, 5.74) is 2.42. The Balaban J connectivity index is 1.70. The maximum absolute atomic E-state index is 5.89. The molecule has 20 heavy (non-hydrogen) atoms. The molecule has 0 aromatic carbocycles. The highest BCUT2D eigenvalue weighted by Gasteiger charge is 2.34. The van der Waals surface area contributed by atoms with E-state index in [9.17, 15) is 0 Å². The minimum absolute atomic E-state index is 0.415. The first-order chi connectivity index (χ1) is 9.61. The lowest BCUT2D eigenvalue weighted by molar-refractivity contribution is 0.0302. The van der Waals surface area contributed by atoms with E-state index in [0.29, 0.717) is 18.2 Å². The predicted octanol–water partition coefficient (Wildman–Crippen LogP) is 2.26. The molecule has 1 aromatic rings. The van der Waals surface area contributed by atoms with Gasteiger partial charge >= 0.3 is 0 Å². The molecule has 0 aliphatic carbocycles. The average molecular weight is 275 g/mol. The SMILES string of the molecule is Cc1nc(N2CC3CCC(C2)O3)ccc1CNC(C)C. The number of ether oxygens (including phenoxy) is 1. The summed E-state index contributed by atoms with van der Waals surface area (Å²) in [7, 11) is 0. The van der Waals surface area contributed by atoms with Crippen LogP contribution >= 0.6 is 0 Å². The van der Waals surface area contributed by atoms with Crippen LogP contribution in [-0.4, -0.2) is 36.3 Å². The van der Waals surface area contributed by atoms with Gasteiger partial charge in [-0.2, -0.15) is 0 Å². The van der Waals surface area contributed by atoms with Crippen LogP contribution < -0.4 is 10.2 Å². The van der Waals surface area contributed by atoms with Gasteiger partial charge in [0, 0.05) is 31.4 Å². The van der Waals surface area contributed by atoms with E-state index in [4.69, 9.17) is 9.72 Å². The third-order valence-corrected chi connectivity index (χ3v) is 4.25. The van der Waals surface area contributed by atoms with Gasteiger partial charge in [0.1, 0.15) is 5.82 Å². The van der Waals surface area contributed by atoms with Crippen LogP contribution in [0.4, 0.5) is 5.82 Å². The summed E-state index contributed by atoms with van der Waals surface area (Å²) >= 11 is 0. The van der Waals surface area contributed by atoms with E-state index in [1.807, 2.05) is 0 Å². The van der Waals surface area contributed by atoms with Gasteiger partial charge in [-0.05, 0) is 31.4 Å². The number of aryl methyl sites for hydroxylation is 1. The normalized spacial score (nSPS) is 25.5. The van der Waals surface area contributed by atoms with Gasteiger partial charge < -0.3 is 15.0 Å². The Hall–Kier alpha value is -1.13. The van der Waals surface area contributed by atoms with Gasteiger partial charge in [-0.3, -0.25) is 0 Å². The molecule has 0 amide bonds. The number of rotatable bonds is 4. The Labute approximate surface area is 121 Å². The number of aromatic nitrogens is 1. The van der Waals surface area contributed by atoms with Gasteiger partial charge in [0.2, 0.25) is 0 Å². The highest BCUT2D eigenvalue weighted by atomic mass is 16.5. The van der Waals surface area contributed by atoms with E-state index >= 15 is 0 Å². The van der Waals surface area contributed by atoms with Gasteiger partial charge in [0.25, 0.3) is 0 Å². The fourth-order valence-corrected chi connectivity index (χ4v) is 3.06. The second-order valence-corrected chi connectivity index (χ2v) is 6.31. The number of fused-ring (bicyclic) bond motifs is 2. The first-order valence-corrected chi connectivity index (χ1v) is 7.72. The van der Waals surface area contributed by atoms with Crippen LogP contribution in [0.1, 0.15) is 37.9 Å². The number of hydrogen-bond acceptors (Lipinski definition) is 4. The third kappa shape index (κ3) is 2.96. The van der Waals surface area contributed by atoms with Gasteiger partial charge in [0.05, 0.1) is 12.2 Å². The highest BCUT2D eigenvalue weighted by Crippen LogP contribution is 2.29. The second kappa shape index (κ2) is 5.70. The summed E-state index contributed by atoms with van der Waals surface area (Å²) in [5.74, 6) is 1.11. The van der Waals surface area contributed by atoms with Crippen molar-refractivity contribution in [2.24, 2.45) is 0 Å². The molecule has 110 valence electrons. The van der Waals surface area contributed by atoms with Crippen LogP contribution in [0.5, 0.6) is 0 Å². The molecule has 1 N–H and O–H groups in total. The van der Waals surface area contributed by atoms with Gasteiger partial charge in [-0.15, -0.1) is 0 Å². The summed E-state index contributed by atoms with van der Waals surface area (Å²) < 4.78 is 5.89. The van der Waals surface area contributed by atoms with Crippen molar-refractivity contribution in [3.63, 3.8) is 0 Å². The summed E-state index contributed by atoms with van der Waals surface area (Å²) in [6, 6.07) is 4.88. The quantitative estimate of drug-likeness (QED) is 0.914. The first-order valence-electron chi connectivity index (χ1n) is 7.72. The maximum atomic E-state index is 5.89. The summed E-state index contributed by atoms with van der Waals surface area (Å²) in [5, 5.41) is 3.45. The Morgan fingerprint density at radius 3 is 2.60 bits per heavy atom. The number of hydrogen-bond donors (Lipinski definition) is 1. The van der Waals surface area contributed by atoms with E-state index in [1.165, 1.54) is 18.4 Å². The molecule has 2 unspecified atom stereocenters. The monoisotopic (exact) mass is 275 g/mol. The molecule has 2 fully saturated rings. The van der Waals surface area contributed by atoms with Crippen molar-refractivity contribution in [1.82, 2.24) is 10.3 Å². The van der Waals surface area contributed by atoms with Crippen molar-refractivity contribution in [3.05, 3.63) is 23.4 Å². The third-order valence-electron chi connectivity index (χ3n) is 4.25. The van der Waals surface area contributed by atoms with Crippen LogP contribution in [0.15, 0.2) is 12.1 Å². The molecule has 4 nitrogen and oxygen atoms in total. The minimum atomic E-state index is 0.415. The molecule has 2 atom stereocenters. The van der Waals surface area contributed by atoms with E-state index < -0.39 is 0 Å². The lowest BCUT2D eigenvalue weighted by Crippen LogP contribution is -2.43. The molecule has 2 aliphatic rings. The van der Waals surface area contributed by atoms with Crippen molar-refractivity contribution < 1.29 is 4.74 Å². The minimum Gasteiger partial charge on any atom is -0.371 e. The smallest absolute Gasteiger partial charge is 0.128 e. The van der Waals surface area contributed by atoms with E-state index in [-0.39, 0.29) is 0 Å². The molecule has 2 saturated heterocycles. The van der Waals surface area contributed by atoms with Crippen molar-refractivity contribution in [1.29, 1.82) is 0 Å². The second-order valence-electron chi connectivity index (χ2n) is 6.31. The largest absolute Gasteiger partial charge is 0.371 e. The number of nitrogens with zero attached hydrogens (tertiary/aromatic N) is 2. The van der Waals surface area contributed by atoms with Crippen molar-refractivity contribution in [2.75, 3.05) is 18.0 Å². The molecular weight excluding hydrogens is 250 g/mol. The Morgan fingerprint density at radius 2 is 2.00 bits per heavy atom. The molecular formula is C16H25N3O. The molecule has 2 bridgehead atoms. The van der Waals surface area contributed by atoms with E-state index in [2.05, 4.69) is 43.1 Å². The number of anilines is 1. The van der Waals surface area contributed by atoms with Gasteiger partial charge in [-0.25, -0.2) is 4.98 Å². The van der Waals surface area contributed by atoms with Crippen LogP contribution in [0.25, 0.3) is 0 Å². The summed E-state index contributed by atoms with van der Waals surface area (Å²) in [6.07, 6.45) is 3.24. The molecule has 3 rings (SSSR count). The molecule has 0 spiro atoms. The number of morpholine rings is 1. The molecule has 3 heterocycles. The highest BCUT2D eigenvalue weighted by molar-refractivity contribution is 5.42. The predicted molar refractivity (Wildman–Crippen MR) is 81.1 cm³/mol. The average Bonchev–Trinajstić information content (AvgIpc) is 2.76. The Bertz CT molecular complexity index is 463. The standard InChI is InChI=1S/C16H25N3O/c1-11(2)17-8-13-4-7-16(18-12(13)3)19-9-14-5-6-15(10-19)20-14/h4,7,11,14-15,17H,5-6,8-10H2,1-3H3. The Kier molecular flexibility index (Phi) is 3.94. The molecule has 2 aliphatic heterocycles. The van der Waals surface area contributed by atoms with Crippen LogP contribution in [0.2, 0.25) is 0 Å². The zero-order valence-electron chi connectivity index (χ0n) is 12.7. The van der Waals surface area contributed by atoms with Crippen molar-refractivity contribution in [3.8, 4) is 0 Å².